The molecule has 39 heavy (non-hydrogen) atoms. The Morgan fingerprint density at radius 3 is 1.54 bits per heavy atom. The van der Waals surface area contributed by atoms with Crippen LogP contribution in [0.4, 0.5) is 0 Å². The van der Waals surface area contributed by atoms with Crippen LogP contribution in [-0.2, 0) is 16.2 Å². The van der Waals surface area contributed by atoms with Gasteiger partial charge in [0.05, 0.1) is 35.1 Å². The van der Waals surface area contributed by atoms with Gasteiger partial charge in [-0.15, -0.1) is 11.3 Å². The Hall–Kier alpha value is -2.13. The van der Waals surface area contributed by atoms with E-state index in [-0.39, 0.29) is 34.6 Å². The first kappa shape index (κ1) is 34.9. The quantitative estimate of drug-likeness (QED) is 0.287. The molecule has 222 valence electrons. The molecule has 3 aromatic rings. The third-order valence-corrected chi connectivity index (χ3v) is 6.63. The zero-order chi connectivity index (χ0) is 30.2. The third kappa shape index (κ3) is 13.7. The lowest BCUT2D eigenvalue weighted by atomic mass is 9.93. The van der Waals surface area contributed by atoms with E-state index in [4.69, 9.17) is 18.6 Å². The van der Waals surface area contributed by atoms with Crippen LogP contribution < -0.4 is 14.2 Å². The van der Waals surface area contributed by atoms with E-state index >= 15 is 0 Å². The molecule has 9 heteroatoms. The number of hydrogen-bond acceptors (Lipinski definition) is 9. The van der Waals surface area contributed by atoms with Gasteiger partial charge in [-0.1, -0.05) is 73.7 Å². The van der Waals surface area contributed by atoms with Gasteiger partial charge in [-0.05, 0) is 41.5 Å². The maximum atomic E-state index is 5.50. The van der Waals surface area contributed by atoms with Crippen molar-refractivity contribution in [2.45, 2.75) is 138 Å². The molecule has 0 unspecified atom stereocenters. The first-order chi connectivity index (χ1) is 17.7. The molecule has 0 atom stereocenters. The fourth-order valence-electron chi connectivity index (χ4n) is 2.61. The number of nitrogens with zero attached hydrogens (tertiary/aromatic N) is 3. The summed E-state index contributed by atoms with van der Waals surface area (Å²) in [6, 6.07) is 0. The summed E-state index contributed by atoms with van der Waals surface area (Å²) in [5, 5.41) is 5.95. The highest BCUT2D eigenvalue weighted by atomic mass is 32.1. The molecule has 0 saturated carbocycles. The van der Waals surface area contributed by atoms with Gasteiger partial charge in [0.1, 0.15) is 11.3 Å². The van der Waals surface area contributed by atoms with Crippen molar-refractivity contribution >= 4 is 22.7 Å². The average molecular weight is 582 g/mol. The SMILES string of the molecule is CC(C)Oc1csc(C(C)(C)C)n1.CC(C)Oc1nc(C(C)(C)C)co1.CC(C)Oc1nc(C(C)(C)C)cs1. The van der Waals surface area contributed by atoms with Crippen LogP contribution in [0.25, 0.3) is 0 Å². The second-order valence-corrected chi connectivity index (χ2v) is 14.9. The summed E-state index contributed by atoms with van der Waals surface area (Å²) in [6.07, 6.45) is 2.53. The molecule has 3 rings (SSSR count). The molecule has 7 nitrogen and oxygen atoms in total. The standard InChI is InChI=1S/C10H17NO2.2C10H17NOS/c1-7(2)13-9-11-8(6-12-9)10(3,4)5;1-7(2)12-8-6-13-9(11-8)10(3,4)5;1-7(2)12-9-11-8(6-13-9)10(3,4)5/h3*6-7H,1-5H3. The summed E-state index contributed by atoms with van der Waals surface area (Å²) in [5.41, 5.74) is 2.29. The summed E-state index contributed by atoms with van der Waals surface area (Å²) < 4.78 is 21.5. The maximum Gasteiger partial charge on any atom is 0.393 e. The second kappa shape index (κ2) is 14.5. The molecule has 0 amide bonds. The van der Waals surface area contributed by atoms with Crippen molar-refractivity contribution in [2.24, 2.45) is 0 Å². The van der Waals surface area contributed by atoms with E-state index in [0.29, 0.717) is 6.08 Å². The second-order valence-electron chi connectivity index (χ2n) is 13.2. The van der Waals surface area contributed by atoms with E-state index in [1.165, 1.54) is 0 Å². The van der Waals surface area contributed by atoms with Crippen molar-refractivity contribution < 1.29 is 18.6 Å². The van der Waals surface area contributed by atoms with Gasteiger partial charge in [0.15, 0.2) is 0 Å². The van der Waals surface area contributed by atoms with Crippen molar-refractivity contribution in [2.75, 3.05) is 0 Å². The fourth-order valence-corrected chi connectivity index (χ4v) is 4.45. The highest BCUT2D eigenvalue weighted by Gasteiger charge is 2.20. The molecule has 0 spiro atoms. The van der Waals surface area contributed by atoms with Crippen LogP contribution in [0.5, 0.6) is 17.2 Å². The largest absolute Gasteiger partial charge is 0.474 e. The molecule has 0 aliphatic heterocycles. The van der Waals surface area contributed by atoms with Gasteiger partial charge in [0, 0.05) is 21.6 Å². The maximum absolute atomic E-state index is 5.50. The van der Waals surface area contributed by atoms with Crippen LogP contribution in [0.2, 0.25) is 0 Å². The van der Waals surface area contributed by atoms with Gasteiger partial charge in [-0.3, -0.25) is 0 Å². The van der Waals surface area contributed by atoms with Crippen LogP contribution in [0, 0.1) is 0 Å². The Kier molecular flexibility index (Phi) is 13.0. The lowest BCUT2D eigenvalue weighted by molar-refractivity contribution is 0.176. The van der Waals surface area contributed by atoms with E-state index in [2.05, 4.69) is 82.6 Å². The van der Waals surface area contributed by atoms with Gasteiger partial charge in [-0.2, -0.15) is 4.98 Å². The van der Waals surface area contributed by atoms with E-state index in [1.54, 1.807) is 28.9 Å². The molecule has 0 radical (unpaired) electrons. The lowest BCUT2D eigenvalue weighted by Crippen LogP contribution is -2.12. The van der Waals surface area contributed by atoms with Gasteiger partial charge in [0.25, 0.3) is 5.19 Å². The predicted molar refractivity (Wildman–Crippen MR) is 164 cm³/mol. The normalized spacial score (nSPS) is 12.2. The number of hydrogen-bond donors (Lipinski definition) is 0. The van der Waals surface area contributed by atoms with Crippen molar-refractivity contribution in [3.05, 3.63) is 33.4 Å². The highest BCUT2D eigenvalue weighted by Crippen LogP contribution is 2.29. The fraction of sp³-hybridized carbons (Fsp3) is 0.700. The van der Waals surface area contributed by atoms with E-state index in [9.17, 15) is 0 Å². The Morgan fingerprint density at radius 1 is 0.615 bits per heavy atom. The molecule has 0 N–H and O–H groups in total. The molecule has 3 aromatic heterocycles. The molecule has 0 aromatic carbocycles. The molecule has 0 fully saturated rings. The predicted octanol–water partition coefficient (Wildman–Crippen LogP) is 9.21. The van der Waals surface area contributed by atoms with Crippen LogP contribution in [0.15, 0.2) is 21.4 Å². The first-order valence-corrected chi connectivity index (χ1v) is 15.3. The highest BCUT2D eigenvalue weighted by molar-refractivity contribution is 7.11. The summed E-state index contributed by atoms with van der Waals surface area (Å²) in [7, 11) is 0. The number of oxazole rings is 1. The third-order valence-electron chi connectivity index (χ3n) is 4.66. The Balaban J connectivity index is 0.000000292. The molecule has 3 heterocycles. The van der Waals surface area contributed by atoms with Crippen molar-refractivity contribution in [3.63, 3.8) is 0 Å². The van der Waals surface area contributed by atoms with Crippen LogP contribution in [0.1, 0.15) is 120 Å². The Morgan fingerprint density at radius 2 is 1.15 bits per heavy atom. The van der Waals surface area contributed by atoms with Crippen molar-refractivity contribution in [3.8, 4) is 17.2 Å². The van der Waals surface area contributed by atoms with Gasteiger partial charge < -0.3 is 18.6 Å². The zero-order valence-corrected chi connectivity index (χ0v) is 28.4. The number of ether oxygens (including phenoxy) is 3. The minimum absolute atomic E-state index is 0.0160. The Labute approximate surface area is 244 Å². The van der Waals surface area contributed by atoms with E-state index < -0.39 is 0 Å². The van der Waals surface area contributed by atoms with Crippen LogP contribution in [0.3, 0.4) is 0 Å². The van der Waals surface area contributed by atoms with E-state index in [1.807, 2.05) is 46.9 Å². The molecule has 0 bridgehead atoms. The molecule has 0 saturated heterocycles. The van der Waals surface area contributed by atoms with Gasteiger partial charge >= 0.3 is 6.08 Å². The average Bonchev–Trinajstić information content (AvgIpc) is 3.47. The topological polar surface area (TPSA) is 79.5 Å². The smallest absolute Gasteiger partial charge is 0.393 e. The Bertz CT molecular complexity index is 956. The van der Waals surface area contributed by atoms with Crippen LogP contribution in [-0.4, -0.2) is 33.3 Å². The molecular weight excluding hydrogens is 530 g/mol. The summed E-state index contributed by atoms with van der Waals surface area (Å²) in [6.45, 7) is 31.1. The number of rotatable bonds is 6. The summed E-state index contributed by atoms with van der Waals surface area (Å²) in [4.78, 5) is 13.1. The van der Waals surface area contributed by atoms with Crippen LogP contribution >= 0.6 is 22.7 Å². The number of aromatic nitrogens is 3. The molecule has 0 aliphatic carbocycles. The lowest BCUT2D eigenvalue weighted by Gasteiger charge is -2.14. The molecule has 0 aliphatic rings. The van der Waals surface area contributed by atoms with Crippen molar-refractivity contribution in [1.29, 1.82) is 0 Å². The minimum Gasteiger partial charge on any atom is -0.474 e. The van der Waals surface area contributed by atoms with E-state index in [0.717, 1.165) is 27.5 Å². The summed E-state index contributed by atoms with van der Waals surface area (Å²) >= 11 is 3.23. The molecular formula is C30H51N3O4S2. The minimum atomic E-state index is 0.0160. The van der Waals surface area contributed by atoms with Crippen molar-refractivity contribution in [1.82, 2.24) is 15.0 Å². The van der Waals surface area contributed by atoms with Gasteiger partial charge in [-0.25, -0.2) is 9.97 Å². The number of thiazole rings is 2. The first-order valence-electron chi connectivity index (χ1n) is 13.6. The monoisotopic (exact) mass is 581 g/mol. The summed E-state index contributed by atoms with van der Waals surface area (Å²) in [5.74, 6) is 0.755. The van der Waals surface area contributed by atoms with Gasteiger partial charge in [0.2, 0.25) is 5.88 Å². The zero-order valence-electron chi connectivity index (χ0n) is 26.8.